The molecule has 0 atom stereocenters. The third-order valence-electron chi connectivity index (χ3n) is 7.32. The number of aromatic nitrogens is 2. The first-order valence-corrected chi connectivity index (χ1v) is 15.0. The van der Waals surface area contributed by atoms with E-state index in [9.17, 15) is 13.2 Å². The molecule has 36 heavy (non-hydrogen) atoms. The van der Waals surface area contributed by atoms with Crippen molar-refractivity contribution in [3.8, 4) is 27.4 Å². The van der Waals surface area contributed by atoms with Crippen molar-refractivity contribution in [3.05, 3.63) is 40.7 Å². The van der Waals surface area contributed by atoms with E-state index in [1.54, 1.807) is 24.3 Å². The minimum atomic E-state index is -3.52. The number of carbonyl (C=O) groups excluding carboxylic acids is 1. The molecule has 0 N–H and O–H groups in total. The molecule has 0 unspecified atom stereocenters. The van der Waals surface area contributed by atoms with E-state index in [0.29, 0.717) is 18.7 Å². The Morgan fingerprint density at radius 2 is 1.89 bits per heavy atom. The zero-order chi connectivity index (χ0) is 25.8. The Hall–Kier alpha value is -2.65. The molecule has 1 amide bonds. The Morgan fingerprint density at radius 3 is 2.53 bits per heavy atom. The van der Waals surface area contributed by atoms with E-state index in [-0.39, 0.29) is 22.1 Å². The maximum atomic E-state index is 14.2. The van der Waals surface area contributed by atoms with Gasteiger partial charge in [0, 0.05) is 36.0 Å². The summed E-state index contributed by atoms with van der Waals surface area (Å²) in [6.45, 7) is 9.27. The van der Waals surface area contributed by atoms with E-state index in [1.807, 2.05) is 22.7 Å². The number of nitrogens with zero attached hydrogens (tertiary/aromatic N) is 3. The van der Waals surface area contributed by atoms with Gasteiger partial charge >= 0.3 is 0 Å². The van der Waals surface area contributed by atoms with E-state index in [4.69, 9.17) is 4.74 Å². The second-order valence-electron chi connectivity index (χ2n) is 10.5. The van der Waals surface area contributed by atoms with Gasteiger partial charge in [0.2, 0.25) is 0 Å². The lowest BCUT2D eigenvalue weighted by Gasteiger charge is -2.37. The Kier molecular flexibility index (Phi) is 6.27. The highest BCUT2D eigenvalue weighted by Gasteiger charge is 2.38. The first-order chi connectivity index (χ1) is 17.1. The van der Waals surface area contributed by atoms with Gasteiger partial charge in [-0.3, -0.25) is 9.78 Å². The zero-order valence-electron chi connectivity index (χ0n) is 21.6. The molecule has 192 valence electrons. The number of fused-ring (bicyclic) bond motifs is 5. The fraction of sp³-hybridized carbons (Fsp3) is 0.481. The Balaban J connectivity index is 1.85. The fourth-order valence-electron chi connectivity index (χ4n) is 5.53. The number of benzene rings is 1. The lowest BCUT2D eigenvalue weighted by Crippen LogP contribution is -2.47. The van der Waals surface area contributed by atoms with Crippen LogP contribution in [0.2, 0.25) is 0 Å². The number of thiazole rings is 1. The maximum absolute atomic E-state index is 14.2. The molecule has 0 bridgehead atoms. The smallest absolute Gasteiger partial charge is 0.271 e. The molecule has 2 aromatic heterocycles. The fourth-order valence-corrected chi connectivity index (χ4v) is 7.28. The van der Waals surface area contributed by atoms with Crippen LogP contribution in [0.15, 0.2) is 28.7 Å². The van der Waals surface area contributed by atoms with Crippen molar-refractivity contribution in [1.82, 2.24) is 14.5 Å². The summed E-state index contributed by atoms with van der Waals surface area (Å²) in [5.74, 6) is 0.413. The van der Waals surface area contributed by atoms with E-state index >= 15 is 0 Å². The normalized spacial score (nSPS) is 16.1. The average Bonchev–Trinajstić information content (AvgIpc) is 3.46. The Bertz CT molecular complexity index is 1430. The second-order valence-corrected chi connectivity index (χ2v) is 13.6. The van der Waals surface area contributed by atoms with Crippen LogP contribution in [0, 0.1) is 0 Å². The van der Waals surface area contributed by atoms with Crippen molar-refractivity contribution in [1.29, 1.82) is 0 Å². The van der Waals surface area contributed by atoms with E-state index in [1.165, 1.54) is 7.11 Å². The summed E-state index contributed by atoms with van der Waals surface area (Å²) in [5, 5.41) is 0. The van der Waals surface area contributed by atoms with Crippen molar-refractivity contribution in [2.45, 2.75) is 70.4 Å². The van der Waals surface area contributed by atoms with Gasteiger partial charge in [0.15, 0.2) is 9.84 Å². The lowest BCUT2D eigenvalue weighted by molar-refractivity contribution is 0.0558. The molecule has 9 heteroatoms. The average molecular weight is 528 g/mol. The molecule has 1 aromatic carbocycles. The van der Waals surface area contributed by atoms with Gasteiger partial charge < -0.3 is 14.2 Å². The molecule has 3 aromatic rings. The predicted octanol–water partition coefficient (Wildman–Crippen LogP) is 5.21. The van der Waals surface area contributed by atoms with Gasteiger partial charge in [0.25, 0.3) is 5.91 Å². The second kappa shape index (κ2) is 9.03. The van der Waals surface area contributed by atoms with Crippen molar-refractivity contribution in [3.63, 3.8) is 0 Å². The van der Waals surface area contributed by atoms with Gasteiger partial charge in [0.1, 0.15) is 16.3 Å². The molecule has 2 aliphatic heterocycles. The predicted molar refractivity (Wildman–Crippen MR) is 143 cm³/mol. The molecule has 7 nitrogen and oxygen atoms in total. The van der Waals surface area contributed by atoms with Crippen molar-refractivity contribution < 1.29 is 17.9 Å². The highest BCUT2D eigenvalue weighted by Crippen LogP contribution is 2.47. The van der Waals surface area contributed by atoms with Gasteiger partial charge in [-0.05, 0) is 69.7 Å². The summed E-state index contributed by atoms with van der Waals surface area (Å²) >= 11 is 1.55. The standard InChI is InChI=1S/C27H33N3O4S2/c1-6-36(32,33)22-14-19-17(13-20(22)34-5)10-12-29-24(19)23(21-15-28-16-35-21)18-9-7-8-11-30(27(2,3)4)26(31)25(18)29/h13-16H,6-12H2,1-5H3. The summed E-state index contributed by atoms with van der Waals surface area (Å²) < 4.78 is 33.7. The van der Waals surface area contributed by atoms with Crippen molar-refractivity contribution in [2.24, 2.45) is 0 Å². The summed E-state index contributed by atoms with van der Waals surface area (Å²) in [6.07, 6.45) is 5.27. The minimum Gasteiger partial charge on any atom is -0.495 e. The van der Waals surface area contributed by atoms with Gasteiger partial charge in [-0.15, -0.1) is 11.3 Å². The van der Waals surface area contributed by atoms with E-state index in [0.717, 1.165) is 64.3 Å². The zero-order valence-corrected chi connectivity index (χ0v) is 23.2. The topological polar surface area (TPSA) is 81.5 Å². The van der Waals surface area contributed by atoms with Gasteiger partial charge in [0.05, 0.1) is 28.9 Å². The number of hydrogen-bond acceptors (Lipinski definition) is 6. The minimum absolute atomic E-state index is 0.0135. The molecule has 0 spiro atoms. The SMILES string of the molecule is CCS(=O)(=O)c1cc2c(cc1OC)CCn1c3c(c(-c4cncs4)c1-2)CCCCN(C(C)(C)C)C3=O. The number of aryl methyl sites for hydroxylation is 1. The quantitative estimate of drug-likeness (QED) is 0.465. The molecule has 4 heterocycles. The largest absolute Gasteiger partial charge is 0.495 e. The molecule has 0 radical (unpaired) electrons. The Morgan fingerprint density at radius 1 is 1.11 bits per heavy atom. The van der Waals surface area contributed by atoms with Crippen LogP contribution >= 0.6 is 11.3 Å². The van der Waals surface area contributed by atoms with Crippen molar-refractivity contribution >= 4 is 27.1 Å². The van der Waals surface area contributed by atoms with Crippen LogP contribution in [0.5, 0.6) is 5.75 Å². The van der Waals surface area contributed by atoms with Gasteiger partial charge in [-0.25, -0.2) is 8.42 Å². The molecular weight excluding hydrogens is 494 g/mol. The molecular formula is C27H33N3O4S2. The number of carbonyl (C=O) groups is 1. The summed E-state index contributed by atoms with van der Waals surface area (Å²) in [7, 11) is -2.01. The van der Waals surface area contributed by atoms with Crippen molar-refractivity contribution in [2.75, 3.05) is 19.4 Å². The van der Waals surface area contributed by atoms with Crippen LogP contribution in [0.1, 0.15) is 62.2 Å². The molecule has 0 saturated heterocycles. The third kappa shape index (κ3) is 3.96. The number of rotatable bonds is 4. The molecule has 0 fully saturated rings. The Labute approximate surface area is 217 Å². The van der Waals surface area contributed by atoms with Crippen LogP contribution in [-0.4, -0.2) is 53.7 Å². The van der Waals surface area contributed by atoms with E-state index < -0.39 is 9.84 Å². The van der Waals surface area contributed by atoms with Gasteiger partial charge in [-0.1, -0.05) is 6.92 Å². The molecule has 0 aliphatic carbocycles. The van der Waals surface area contributed by atoms with Crippen LogP contribution < -0.4 is 4.74 Å². The summed E-state index contributed by atoms with van der Waals surface area (Å²) in [4.78, 5) is 21.7. The summed E-state index contributed by atoms with van der Waals surface area (Å²) in [5.41, 5.74) is 7.13. The monoisotopic (exact) mass is 527 g/mol. The summed E-state index contributed by atoms with van der Waals surface area (Å²) in [6, 6.07) is 3.63. The van der Waals surface area contributed by atoms with Gasteiger partial charge in [-0.2, -0.15) is 0 Å². The lowest BCUT2D eigenvalue weighted by atomic mass is 9.93. The molecule has 0 saturated carbocycles. The first kappa shape index (κ1) is 25.0. The molecule has 5 rings (SSSR count). The van der Waals surface area contributed by atoms with Crippen LogP contribution in [0.3, 0.4) is 0 Å². The number of hydrogen-bond donors (Lipinski definition) is 0. The maximum Gasteiger partial charge on any atom is 0.271 e. The number of ether oxygens (including phenoxy) is 1. The third-order valence-corrected chi connectivity index (χ3v) is 9.86. The van der Waals surface area contributed by atoms with Crippen LogP contribution in [0.4, 0.5) is 0 Å². The van der Waals surface area contributed by atoms with E-state index in [2.05, 4.69) is 30.3 Å². The number of amides is 1. The number of methoxy groups -OCH3 is 1. The highest BCUT2D eigenvalue weighted by molar-refractivity contribution is 7.91. The number of sulfone groups is 1. The highest BCUT2D eigenvalue weighted by atomic mass is 32.2. The first-order valence-electron chi connectivity index (χ1n) is 12.5. The van der Waals surface area contributed by atoms with Crippen LogP contribution in [-0.2, 0) is 29.2 Å². The van der Waals surface area contributed by atoms with Crippen LogP contribution in [0.25, 0.3) is 21.7 Å². The molecule has 2 aliphatic rings.